The molecule has 0 spiro atoms. The van der Waals surface area contributed by atoms with Crippen LogP contribution in [0.5, 0.6) is 0 Å². The molecule has 6 nitrogen and oxygen atoms in total. The van der Waals surface area contributed by atoms with Gasteiger partial charge in [-0.1, -0.05) is 13.3 Å². The van der Waals surface area contributed by atoms with Crippen LogP contribution in [0.4, 0.5) is 5.95 Å². The average Bonchev–Trinajstić information content (AvgIpc) is 2.79. The van der Waals surface area contributed by atoms with Crippen LogP contribution < -0.4 is 5.73 Å². The number of aryl methyl sites for hydroxylation is 3. The van der Waals surface area contributed by atoms with Gasteiger partial charge < -0.3 is 5.73 Å². The lowest BCUT2D eigenvalue weighted by molar-refractivity contribution is 0.654. The van der Waals surface area contributed by atoms with Crippen LogP contribution in [0.3, 0.4) is 0 Å². The van der Waals surface area contributed by atoms with Crippen LogP contribution in [0.1, 0.15) is 25.5 Å². The summed E-state index contributed by atoms with van der Waals surface area (Å²) in [5.74, 6) is 1.20. The van der Waals surface area contributed by atoms with Crippen molar-refractivity contribution in [2.24, 2.45) is 7.05 Å². The van der Waals surface area contributed by atoms with Crippen molar-refractivity contribution in [1.29, 1.82) is 0 Å². The van der Waals surface area contributed by atoms with Crippen LogP contribution >= 0.6 is 0 Å². The van der Waals surface area contributed by atoms with Crippen LogP contribution in [0.2, 0.25) is 0 Å². The third-order valence-corrected chi connectivity index (χ3v) is 3.98. The SMILES string of the molecule is CCCc1nn(C)c2c1nc(N)n2CCCS(C)=O. The van der Waals surface area contributed by atoms with Crippen molar-refractivity contribution < 1.29 is 4.21 Å². The summed E-state index contributed by atoms with van der Waals surface area (Å²) in [5, 5.41) is 4.50. The standard InChI is InChI=1S/C12H21N5OS/c1-4-6-9-10-11(16(2)15-9)17(12(13)14-10)7-5-8-19(3)18/h4-8H2,1-3H3,(H2,13,14). The molecule has 2 aromatic heterocycles. The molecule has 0 aromatic carbocycles. The van der Waals surface area contributed by atoms with Gasteiger partial charge in [-0.2, -0.15) is 5.10 Å². The van der Waals surface area contributed by atoms with Gasteiger partial charge in [-0.05, 0) is 12.8 Å². The van der Waals surface area contributed by atoms with E-state index in [-0.39, 0.29) is 0 Å². The van der Waals surface area contributed by atoms with Crippen molar-refractivity contribution in [1.82, 2.24) is 19.3 Å². The van der Waals surface area contributed by atoms with Crippen molar-refractivity contribution in [2.75, 3.05) is 17.7 Å². The first-order valence-electron chi connectivity index (χ1n) is 6.52. The number of fused-ring (bicyclic) bond motifs is 1. The molecular weight excluding hydrogens is 262 g/mol. The van der Waals surface area contributed by atoms with Crippen LogP contribution in [0.25, 0.3) is 11.2 Å². The minimum atomic E-state index is -0.768. The van der Waals surface area contributed by atoms with Gasteiger partial charge in [-0.25, -0.2) is 4.98 Å². The second-order valence-electron chi connectivity index (χ2n) is 4.75. The Morgan fingerprint density at radius 3 is 2.79 bits per heavy atom. The molecular formula is C12H21N5OS. The number of aromatic nitrogens is 4. The monoisotopic (exact) mass is 283 g/mol. The van der Waals surface area contributed by atoms with Crippen molar-refractivity contribution >= 4 is 27.9 Å². The topological polar surface area (TPSA) is 78.7 Å². The fourth-order valence-corrected chi connectivity index (χ4v) is 2.85. The third kappa shape index (κ3) is 2.80. The Labute approximate surface area is 115 Å². The first-order chi connectivity index (χ1) is 9.04. The van der Waals surface area contributed by atoms with E-state index in [2.05, 4.69) is 17.0 Å². The number of anilines is 1. The van der Waals surface area contributed by atoms with Gasteiger partial charge in [0.05, 0.1) is 5.69 Å². The number of rotatable bonds is 6. The van der Waals surface area contributed by atoms with Gasteiger partial charge in [0.15, 0.2) is 5.65 Å². The zero-order valence-electron chi connectivity index (χ0n) is 11.7. The summed E-state index contributed by atoms with van der Waals surface area (Å²) in [7, 11) is 1.15. The summed E-state index contributed by atoms with van der Waals surface area (Å²) in [6, 6.07) is 0. The highest BCUT2D eigenvalue weighted by Gasteiger charge is 2.17. The fourth-order valence-electron chi connectivity index (χ4n) is 2.31. The van der Waals surface area contributed by atoms with Crippen molar-refractivity contribution in [2.45, 2.75) is 32.7 Å². The third-order valence-electron chi connectivity index (χ3n) is 3.12. The zero-order chi connectivity index (χ0) is 14.0. The molecule has 2 heterocycles. The van der Waals surface area contributed by atoms with Gasteiger partial charge in [0.25, 0.3) is 0 Å². The van der Waals surface area contributed by atoms with Gasteiger partial charge in [-0.15, -0.1) is 0 Å². The molecule has 19 heavy (non-hydrogen) atoms. The molecule has 2 rings (SSSR count). The summed E-state index contributed by atoms with van der Waals surface area (Å²) in [4.78, 5) is 4.43. The van der Waals surface area contributed by atoms with Gasteiger partial charge in [0, 0.05) is 36.4 Å². The van der Waals surface area contributed by atoms with E-state index in [1.54, 1.807) is 6.26 Å². The highest BCUT2D eigenvalue weighted by atomic mass is 32.2. The minimum Gasteiger partial charge on any atom is -0.369 e. The van der Waals surface area contributed by atoms with Crippen molar-refractivity contribution in [3.8, 4) is 0 Å². The second kappa shape index (κ2) is 5.73. The summed E-state index contributed by atoms with van der Waals surface area (Å²) >= 11 is 0. The summed E-state index contributed by atoms with van der Waals surface area (Å²) in [5.41, 5.74) is 8.85. The van der Waals surface area contributed by atoms with E-state index in [0.717, 1.165) is 42.7 Å². The molecule has 1 atom stereocenters. The van der Waals surface area contributed by atoms with E-state index >= 15 is 0 Å². The molecule has 0 amide bonds. The fraction of sp³-hybridized carbons (Fsp3) is 0.667. The maximum absolute atomic E-state index is 11.1. The lowest BCUT2D eigenvalue weighted by Gasteiger charge is -2.05. The Kier molecular flexibility index (Phi) is 4.24. The molecule has 0 saturated carbocycles. The first-order valence-corrected chi connectivity index (χ1v) is 8.25. The molecule has 0 fully saturated rings. The van der Waals surface area contributed by atoms with Crippen LogP contribution in [0.15, 0.2) is 0 Å². The van der Waals surface area contributed by atoms with Crippen LogP contribution in [-0.4, -0.2) is 35.5 Å². The molecule has 7 heteroatoms. The van der Waals surface area contributed by atoms with Gasteiger partial charge in [0.2, 0.25) is 5.95 Å². The largest absolute Gasteiger partial charge is 0.369 e. The summed E-state index contributed by atoms with van der Waals surface area (Å²) in [6.45, 7) is 2.85. The Morgan fingerprint density at radius 2 is 2.16 bits per heavy atom. The van der Waals surface area contributed by atoms with E-state index in [1.165, 1.54) is 0 Å². The van der Waals surface area contributed by atoms with Crippen LogP contribution in [0, 0.1) is 0 Å². The van der Waals surface area contributed by atoms with E-state index in [1.807, 2.05) is 16.3 Å². The van der Waals surface area contributed by atoms with Crippen molar-refractivity contribution in [3.05, 3.63) is 5.69 Å². The maximum Gasteiger partial charge on any atom is 0.202 e. The van der Waals surface area contributed by atoms with Gasteiger partial charge in [-0.3, -0.25) is 13.5 Å². The molecule has 2 aromatic rings. The van der Waals surface area contributed by atoms with Gasteiger partial charge in [0.1, 0.15) is 5.52 Å². The number of nitrogens with zero attached hydrogens (tertiary/aromatic N) is 4. The second-order valence-corrected chi connectivity index (χ2v) is 6.30. The Morgan fingerprint density at radius 1 is 1.42 bits per heavy atom. The minimum absolute atomic E-state index is 0.516. The quantitative estimate of drug-likeness (QED) is 0.860. The average molecular weight is 283 g/mol. The first kappa shape index (κ1) is 14.0. The molecule has 0 radical (unpaired) electrons. The predicted molar refractivity (Wildman–Crippen MR) is 78.5 cm³/mol. The van der Waals surface area contributed by atoms with E-state index < -0.39 is 10.8 Å². The number of nitrogens with two attached hydrogens (primary N) is 1. The molecule has 2 N–H and O–H groups in total. The van der Waals surface area contributed by atoms with E-state index in [0.29, 0.717) is 11.7 Å². The molecule has 0 saturated heterocycles. The Bertz CT molecular complexity index is 601. The number of hydrogen-bond donors (Lipinski definition) is 1. The van der Waals surface area contributed by atoms with Crippen LogP contribution in [-0.2, 0) is 30.8 Å². The molecule has 106 valence electrons. The number of nitrogen functional groups attached to an aromatic ring is 1. The Hall–Kier alpha value is -1.37. The highest BCUT2D eigenvalue weighted by molar-refractivity contribution is 7.84. The molecule has 0 aliphatic rings. The normalized spacial score (nSPS) is 13.2. The smallest absolute Gasteiger partial charge is 0.202 e. The summed E-state index contributed by atoms with van der Waals surface area (Å²) in [6.07, 6.45) is 4.49. The Balaban J connectivity index is 2.32. The van der Waals surface area contributed by atoms with E-state index in [4.69, 9.17) is 5.73 Å². The molecule has 1 unspecified atom stereocenters. The number of imidazole rings is 1. The molecule has 0 aliphatic heterocycles. The molecule has 0 bridgehead atoms. The molecule has 0 aliphatic carbocycles. The van der Waals surface area contributed by atoms with Gasteiger partial charge >= 0.3 is 0 Å². The highest BCUT2D eigenvalue weighted by Crippen LogP contribution is 2.22. The number of hydrogen-bond acceptors (Lipinski definition) is 4. The zero-order valence-corrected chi connectivity index (χ0v) is 12.5. The van der Waals surface area contributed by atoms with Crippen molar-refractivity contribution in [3.63, 3.8) is 0 Å². The lowest BCUT2D eigenvalue weighted by atomic mass is 10.2. The lowest BCUT2D eigenvalue weighted by Crippen LogP contribution is -2.09. The summed E-state index contributed by atoms with van der Waals surface area (Å²) < 4.78 is 14.9. The maximum atomic E-state index is 11.1. The predicted octanol–water partition coefficient (Wildman–Crippen LogP) is 1.07. The van der Waals surface area contributed by atoms with E-state index in [9.17, 15) is 4.21 Å².